The first-order chi connectivity index (χ1) is 9.19. The largest absolute Gasteiger partial charge is 0.409 e. The Hall–Kier alpha value is -1.69. The van der Waals surface area contributed by atoms with Gasteiger partial charge in [0, 0.05) is 12.2 Å². The zero-order valence-corrected chi connectivity index (χ0v) is 11.7. The molecular weight excluding hydrogens is 260 g/mol. The molecule has 2 aromatic rings. The Bertz CT molecular complexity index is 579. The molecule has 5 nitrogen and oxygen atoms in total. The third kappa shape index (κ3) is 3.89. The lowest BCUT2D eigenvalue weighted by Gasteiger charge is -1.98. The van der Waals surface area contributed by atoms with Crippen molar-refractivity contribution in [3.8, 4) is 0 Å². The van der Waals surface area contributed by atoms with Gasteiger partial charge in [-0.15, -0.1) is 0 Å². The molecule has 0 aliphatic rings. The van der Waals surface area contributed by atoms with Gasteiger partial charge in [-0.2, -0.15) is 0 Å². The van der Waals surface area contributed by atoms with Gasteiger partial charge in [0.25, 0.3) is 0 Å². The van der Waals surface area contributed by atoms with Crippen LogP contribution in [0.15, 0.2) is 28.5 Å². The Balaban J connectivity index is 1.82. The first-order valence-corrected chi connectivity index (χ1v) is 7.23. The monoisotopic (exact) mass is 278 g/mol. The number of aromatic nitrogens is 2. The van der Waals surface area contributed by atoms with Crippen molar-refractivity contribution in [3.63, 3.8) is 0 Å². The zero-order valence-electron chi connectivity index (χ0n) is 10.9. The Morgan fingerprint density at radius 1 is 1.47 bits per heavy atom. The second-order valence-electron chi connectivity index (χ2n) is 4.46. The van der Waals surface area contributed by atoms with Crippen molar-refractivity contribution in [2.45, 2.75) is 31.3 Å². The quantitative estimate of drug-likeness (QED) is 0.189. The molecule has 6 heteroatoms. The first-order valence-electron chi connectivity index (χ1n) is 6.24. The number of nitrogens with zero attached hydrogens (tertiary/aromatic N) is 2. The number of nitrogens with two attached hydrogens (primary N) is 1. The highest BCUT2D eigenvalue weighted by molar-refractivity contribution is 7.99. The number of rotatable bonds is 6. The fourth-order valence-electron chi connectivity index (χ4n) is 1.80. The summed E-state index contributed by atoms with van der Waals surface area (Å²) in [6, 6.07) is 6.20. The number of thioether (sulfide) groups is 1. The van der Waals surface area contributed by atoms with Crippen molar-refractivity contribution in [3.05, 3.63) is 23.8 Å². The predicted molar refractivity (Wildman–Crippen MR) is 78.8 cm³/mol. The van der Waals surface area contributed by atoms with Crippen LogP contribution in [0.2, 0.25) is 0 Å². The highest BCUT2D eigenvalue weighted by Crippen LogP contribution is 2.21. The maximum atomic E-state index is 8.42. The summed E-state index contributed by atoms with van der Waals surface area (Å²) in [4.78, 5) is 7.83. The number of benzene rings is 1. The van der Waals surface area contributed by atoms with Gasteiger partial charge in [-0.3, -0.25) is 0 Å². The molecule has 0 spiro atoms. The van der Waals surface area contributed by atoms with Gasteiger partial charge in [-0.25, -0.2) is 4.98 Å². The number of aryl methyl sites for hydroxylation is 1. The third-order valence-corrected chi connectivity index (χ3v) is 3.77. The lowest BCUT2D eigenvalue weighted by atomic mass is 10.2. The second kappa shape index (κ2) is 6.47. The molecule has 0 aliphatic heterocycles. The van der Waals surface area contributed by atoms with Crippen LogP contribution >= 0.6 is 11.8 Å². The van der Waals surface area contributed by atoms with Gasteiger partial charge in [0.15, 0.2) is 5.16 Å². The van der Waals surface area contributed by atoms with Crippen LogP contribution in [-0.2, 0) is 0 Å². The Labute approximate surface area is 116 Å². The molecule has 0 unspecified atom stereocenters. The van der Waals surface area contributed by atoms with E-state index in [2.05, 4.69) is 34.2 Å². The Morgan fingerprint density at radius 2 is 2.32 bits per heavy atom. The van der Waals surface area contributed by atoms with E-state index < -0.39 is 0 Å². The topological polar surface area (TPSA) is 87.3 Å². The van der Waals surface area contributed by atoms with E-state index in [1.807, 2.05) is 6.07 Å². The van der Waals surface area contributed by atoms with Crippen LogP contribution in [-0.4, -0.2) is 26.8 Å². The summed E-state index contributed by atoms with van der Waals surface area (Å²) in [5, 5.41) is 12.3. The highest BCUT2D eigenvalue weighted by atomic mass is 32.2. The number of amidine groups is 1. The minimum Gasteiger partial charge on any atom is -0.409 e. The fourth-order valence-corrected chi connectivity index (χ4v) is 2.68. The van der Waals surface area contributed by atoms with Gasteiger partial charge in [-0.05, 0) is 37.5 Å². The van der Waals surface area contributed by atoms with E-state index in [4.69, 9.17) is 10.9 Å². The summed E-state index contributed by atoms with van der Waals surface area (Å²) in [6.45, 7) is 2.07. The standard InChI is InChI=1S/C13H18N4OS/c1-9-5-6-10-11(8-9)16-13(15-10)19-7-3-2-4-12(14)17-18/h5-6,8,18H,2-4,7H2,1H3,(H2,14,17)(H,15,16). The van der Waals surface area contributed by atoms with Crippen LogP contribution in [0.4, 0.5) is 0 Å². The van der Waals surface area contributed by atoms with Crippen molar-refractivity contribution in [2.24, 2.45) is 10.9 Å². The smallest absolute Gasteiger partial charge is 0.166 e. The molecular formula is C13H18N4OS. The number of hydrogen-bond donors (Lipinski definition) is 3. The molecule has 0 bridgehead atoms. The number of fused-ring (bicyclic) bond motifs is 1. The van der Waals surface area contributed by atoms with Crippen LogP contribution in [0, 0.1) is 6.92 Å². The molecule has 0 saturated carbocycles. The Morgan fingerprint density at radius 3 is 3.11 bits per heavy atom. The summed E-state index contributed by atoms with van der Waals surface area (Å²) < 4.78 is 0. The van der Waals surface area contributed by atoms with Crippen LogP contribution < -0.4 is 5.73 Å². The molecule has 0 saturated heterocycles. The van der Waals surface area contributed by atoms with Gasteiger partial charge in [0.05, 0.1) is 11.0 Å². The van der Waals surface area contributed by atoms with Gasteiger partial charge in [-0.1, -0.05) is 23.0 Å². The minimum atomic E-state index is 0.296. The molecule has 1 aromatic heterocycles. The van der Waals surface area contributed by atoms with Crippen molar-refractivity contribution in [1.29, 1.82) is 0 Å². The van der Waals surface area contributed by atoms with Crippen LogP contribution in [0.1, 0.15) is 24.8 Å². The zero-order chi connectivity index (χ0) is 13.7. The number of H-pyrrole nitrogens is 1. The number of hydrogen-bond acceptors (Lipinski definition) is 4. The van der Waals surface area contributed by atoms with Gasteiger partial charge >= 0.3 is 0 Å². The number of nitrogens with one attached hydrogen (secondary N) is 1. The summed E-state index contributed by atoms with van der Waals surface area (Å²) in [5.41, 5.74) is 8.72. The molecule has 0 fully saturated rings. The number of oxime groups is 1. The molecule has 1 aromatic carbocycles. The second-order valence-corrected chi connectivity index (χ2v) is 5.54. The van der Waals surface area contributed by atoms with E-state index in [9.17, 15) is 0 Å². The summed E-state index contributed by atoms with van der Waals surface area (Å²) >= 11 is 1.70. The molecule has 4 N–H and O–H groups in total. The molecule has 0 atom stereocenters. The van der Waals surface area contributed by atoms with Crippen molar-refractivity contribution in [1.82, 2.24) is 9.97 Å². The SMILES string of the molecule is Cc1ccc2nc(SCCCCC(N)=NO)[nH]c2c1. The fraction of sp³-hybridized carbons (Fsp3) is 0.385. The van der Waals surface area contributed by atoms with E-state index in [1.165, 1.54) is 5.56 Å². The van der Waals surface area contributed by atoms with Gasteiger partial charge in [0.2, 0.25) is 0 Å². The van der Waals surface area contributed by atoms with Crippen LogP contribution in [0.3, 0.4) is 0 Å². The number of imidazole rings is 1. The van der Waals surface area contributed by atoms with E-state index in [-0.39, 0.29) is 0 Å². The maximum Gasteiger partial charge on any atom is 0.166 e. The van der Waals surface area contributed by atoms with E-state index in [0.717, 1.165) is 34.8 Å². The normalized spacial score (nSPS) is 12.2. The highest BCUT2D eigenvalue weighted by Gasteiger charge is 2.03. The minimum absolute atomic E-state index is 0.296. The van der Waals surface area contributed by atoms with E-state index >= 15 is 0 Å². The average Bonchev–Trinajstić information content (AvgIpc) is 2.79. The molecule has 0 amide bonds. The lowest BCUT2D eigenvalue weighted by Crippen LogP contribution is -2.10. The molecule has 0 radical (unpaired) electrons. The average molecular weight is 278 g/mol. The predicted octanol–water partition coefficient (Wildman–Crippen LogP) is 2.88. The molecule has 0 aliphatic carbocycles. The molecule has 102 valence electrons. The number of unbranched alkanes of at least 4 members (excludes halogenated alkanes) is 1. The number of aromatic amines is 1. The van der Waals surface area contributed by atoms with Crippen LogP contribution in [0.5, 0.6) is 0 Å². The maximum absolute atomic E-state index is 8.42. The Kier molecular flexibility index (Phi) is 4.68. The van der Waals surface area contributed by atoms with Crippen LogP contribution in [0.25, 0.3) is 11.0 Å². The van der Waals surface area contributed by atoms with E-state index in [0.29, 0.717) is 12.3 Å². The third-order valence-electron chi connectivity index (χ3n) is 2.81. The van der Waals surface area contributed by atoms with Gasteiger partial charge in [0.1, 0.15) is 5.84 Å². The molecule has 19 heavy (non-hydrogen) atoms. The summed E-state index contributed by atoms with van der Waals surface area (Å²) in [5.74, 6) is 1.27. The summed E-state index contributed by atoms with van der Waals surface area (Å²) in [6.07, 6.45) is 2.57. The van der Waals surface area contributed by atoms with Crippen molar-refractivity contribution in [2.75, 3.05) is 5.75 Å². The first kappa shape index (κ1) is 13.7. The van der Waals surface area contributed by atoms with Crippen molar-refractivity contribution >= 4 is 28.6 Å². The molecule has 1 heterocycles. The lowest BCUT2D eigenvalue weighted by molar-refractivity contribution is 0.316. The summed E-state index contributed by atoms with van der Waals surface area (Å²) in [7, 11) is 0. The van der Waals surface area contributed by atoms with E-state index in [1.54, 1.807) is 11.8 Å². The van der Waals surface area contributed by atoms with Crippen molar-refractivity contribution < 1.29 is 5.21 Å². The van der Waals surface area contributed by atoms with Gasteiger partial charge < -0.3 is 15.9 Å². The molecule has 2 rings (SSSR count).